The smallest absolute Gasteiger partial charge is 0.222 e. The van der Waals surface area contributed by atoms with Crippen LogP contribution in [0.4, 0.5) is 5.82 Å². The molecule has 2 aliphatic heterocycles. The van der Waals surface area contributed by atoms with Gasteiger partial charge in [-0.25, -0.2) is 9.97 Å². The predicted octanol–water partition coefficient (Wildman–Crippen LogP) is 2.21. The standard InChI is InChI=1S/C20H25N5O/c26-18-8-4-12-25(18)13-5-10-22-20-16-9-11-21-14-17(16)23-19(24-20)15-6-2-1-3-7-15/h1-3,6-7,21H,4-5,8-14H2,(H,22,23,24). The van der Waals surface area contributed by atoms with Crippen molar-refractivity contribution in [3.8, 4) is 11.4 Å². The number of likely N-dealkylation sites (tertiary alicyclic amines) is 1. The second kappa shape index (κ2) is 7.83. The fraction of sp³-hybridized carbons (Fsp3) is 0.450. The van der Waals surface area contributed by atoms with E-state index in [1.807, 2.05) is 35.2 Å². The third-order valence-electron chi connectivity index (χ3n) is 5.04. The first-order chi connectivity index (χ1) is 12.8. The van der Waals surface area contributed by atoms with Crippen molar-refractivity contribution >= 4 is 11.7 Å². The zero-order valence-corrected chi connectivity index (χ0v) is 15.0. The summed E-state index contributed by atoms with van der Waals surface area (Å²) < 4.78 is 0. The van der Waals surface area contributed by atoms with Crippen molar-refractivity contribution < 1.29 is 4.79 Å². The number of carbonyl (C=O) groups excluding carboxylic acids is 1. The maximum atomic E-state index is 11.7. The minimum absolute atomic E-state index is 0.293. The highest BCUT2D eigenvalue weighted by Crippen LogP contribution is 2.24. The number of amides is 1. The number of hydrogen-bond donors (Lipinski definition) is 2. The average molecular weight is 351 g/mol. The first-order valence-corrected chi connectivity index (χ1v) is 9.49. The van der Waals surface area contributed by atoms with Crippen molar-refractivity contribution in [2.75, 3.05) is 31.5 Å². The number of aromatic nitrogens is 2. The Hall–Kier alpha value is -2.47. The van der Waals surface area contributed by atoms with Crippen LogP contribution < -0.4 is 10.6 Å². The van der Waals surface area contributed by atoms with Crippen LogP contribution in [0.1, 0.15) is 30.5 Å². The molecule has 1 amide bonds. The monoisotopic (exact) mass is 351 g/mol. The van der Waals surface area contributed by atoms with Gasteiger partial charge in [-0.3, -0.25) is 4.79 Å². The van der Waals surface area contributed by atoms with Gasteiger partial charge < -0.3 is 15.5 Å². The van der Waals surface area contributed by atoms with Crippen LogP contribution in [0.2, 0.25) is 0 Å². The largest absolute Gasteiger partial charge is 0.370 e. The maximum Gasteiger partial charge on any atom is 0.222 e. The molecule has 1 aromatic carbocycles. The molecule has 2 N–H and O–H groups in total. The number of benzene rings is 1. The normalized spacial score (nSPS) is 16.6. The highest BCUT2D eigenvalue weighted by molar-refractivity contribution is 5.78. The highest BCUT2D eigenvalue weighted by atomic mass is 16.2. The van der Waals surface area contributed by atoms with Crippen LogP contribution >= 0.6 is 0 Å². The topological polar surface area (TPSA) is 70.2 Å². The summed E-state index contributed by atoms with van der Waals surface area (Å²) in [7, 11) is 0. The van der Waals surface area contributed by atoms with Gasteiger partial charge in [0.05, 0.1) is 5.69 Å². The van der Waals surface area contributed by atoms with Crippen molar-refractivity contribution in [2.24, 2.45) is 0 Å². The molecule has 6 nitrogen and oxygen atoms in total. The van der Waals surface area contributed by atoms with Gasteiger partial charge in [-0.05, 0) is 25.8 Å². The summed E-state index contributed by atoms with van der Waals surface area (Å²) in [6.07, 6.45) is 3.58. The van der Waals surface area contributed by atoms with Crippen LogP contribution in [-0.2, 0) is 17.8 Å². The van der Waals surface area contributed by atoms with Crippen molar-refractivity contribution in [1.82, 2.24) is 20.2 Å². The summed E-state index contributed by atoms with van der Waals surface area (Å²) in [4.78, 5) is 23.3. The molecule has 0 radical (unpaired) electrons. The summed E-state index contributed by atoms with van der Waals surface area (Å²) in [5.74, 6) is 2.01. The highest BCUT2D eigenvalue weighted by Gasteiger charge is 2.20. The lowest BCUT2D eigenvalue weighted by Crippen LogP contribution is -2.28. The third-order valence-corrected chi connectivity index (χ3v) is 5.04. The van der Waals surface area contributed by atoms with Gasteiger partial charge in [0.25, 0.3) is 0 Å². The molecule has 136 valence electrons. The molecule has 2 aromatic rings. The van der Waals surface area contributed by atoms with Gasteiger partial charge in [0.15, 0.2) is 5.82 Å². The Balaban J connectivity index is 1.48. The van der Waals surface area contributed by atoms with E-state index in [0.717, 1.165) is 74.9 Å². The van der Waals surface area contributed by atoms with E-state index >= 15 is 0 Å². The van der Waals surface area contributed by atoms with Gasteiger partial charge >= 0.3 is 0 Å². The Kier molecular flexibility index (Phi) is 5.11. The molecule has 2 aliphatic rings. The molecule has 0 unspecified atom stereocenters. The molecule has 0 saturated carbocycles. The number of nitrogens with one attached hydrogen (secondary N) is 2. The van der Waals surface area contributed by atoms with E-state index < -0.39 is 0 Å². The molecule has 26 heavy (non-hydrogen) atoms. The Morgan fingerprint density at radius 2 is 2.04 bits per heavy atom. The number of rotatable bonds is 6. The van der Waals surface area contributed by atoms with Crippen LogP contribution in [0, 0.1) is 0 Å². The zero-order chi connectivity index (χ0) is 17.8. The minimum atomic E-state index is 0.293. The lowest BCUT2D eigenvalue weighted by molar-refractivity contribution is -0.127. The van der Waals surface area contributed by atoms with Crippen LogP contribution in [0.3, 0.4) is 0 Å². The second-order valence-electron chi connectivity index (χ2n) is 6.88. The van der Waals surface area contributed by atoms with Crippen molar-refractivity contribution in [3.63, 3.8) is 0 Å². The number of nitrogens with zero attached hydrogens (tertiary/aromatic N) is 3. The fourth-order valence-electron chi connectivity index (χ4n) is 3.64. The summed E-state index contributed by atoms with van der Waals surface area (Å²) in [5.41, 5.74) is 3.34. The number of carbonyl (C=O) groups is 1. The maximum absolute atomic E-state index is 11.7. The fourth-order valence-corrected chi connectivity index (χ4v) is 3.64. The molecule has 0 aliphatic carbocycles. The van der Waals surface area contributed by atoms with E-state index in [2.05, 4.69) is 10.6 Å². The Bertz CT molecular complexity index is 777. The van der Waals surface area contributed by atoms with Gasteiger partial charge in [-0.2, -0.15) is 0 Å². The van der Waals surface area contributed by atoms with Crippen molar-refractivity contribution in [2.45, 2.75) is 32.2 Å². The molecular formula is C20H25N5O. The van der Waals surface area contributed by atoms with E-state index in [1.165, 1.54) is 5.56 Å². The molecule has 1 saturated heterocycles. The van der Waals surface area contributed by atoms with Crippen LogP contribution in [-0.4, -0.2) is 47.0 Å². The molecule has 0 spiro atoms. The summed E-state index contributed by atoms with van der Waals surface area (Å²) >= 11 is 0. The Morgan fingerprint density at radius 1 is 1.15 bits per heavy atom. The quantitative estimate of drug-likeness (QED) is 0.781. The molecule has 6 heteroatoms. The van der Waals surface area contributed by atoms with Crippen LogP contribution in [0.25, 0.3) is 11.4 Å². The molecule has 4 rings (SSSR count). The van der Waals surface area contributed by atoms with Crippen molar-refractivity contribution in [3.05, 3.63) is 41.6 Å². The van der Waals surface area contributed by atoms with E-state index in [-0.39, 0.29) is 0 Å². The number of fused-ring (bicyclic) bond motifs is 1. The molecule has 1 fully saturated rings. The van der Waals surface area contributed by atoms with Crippen LogP contribution in [0.15, 0.2) is 30.3 Å². The van der Waals surface area contributed by atoms with E-state index in [9.17, 15) is 4.79 Å². The Labute approximate surface area is 154 Å². The summed E-state index contributed by atoms with van der Waals surface area (Å²) in [6, 6.07) is 10.1. The van der Waals surface area contributed by atoms with Gasteiger partial charge in [0.2, 0.25) is 5.91 Å². The minimum Gasteiger partial charge on any atom is -0.370 e. The SMILES string of the molecule is O=C1CCCN1CCCNc1nc(-c2ccccc2)nc2c1CCNC2. The Morgan fingerprint density at radius 3 is 2.85 bits per heavy atom. The predicted molar refractivity (Wildman–Crippen MR) is 102 cm³/mol. The van der Waals surface area contributed by atoms with Gasteiger partial charge in [-0.1, -0.05) is 30.3 Å². The first-order valence-electron chi connectivity index (χ1n) is 9.49. The average Bonchev–Trinajstić information content (AvgIpc) is 3.10. The number of hydrogen-bond acceptors (Lipinski definition) is 5. The van der Waals surface area contributed by atoms with Gasteiger partial charge in [0, 0.05) is 43.7 Å². The van der Waals surface area contributed by atoms with Gasteiger partial charge in [0.1, 0.15) is 5.82 Å². The number of anilines is 1. The van der Waals surface area contributed by atoms with Crippen molar-refractivity contribution in [1.29, 1.82) is 0 Å². The zero-order valence-electron chi connectivity index (χ0n) is 15.0. The van der Waals surface area contributed by atoms with E-state index in [1.54, 1.807) is 0 Å². The summed E-state index contributed by atoms with van der Waals surface area (Å²) in [6.45, 7) is 4.29. The lowest BCUT2D eigenvalue weighted by atomic mass is 10.1. The lowest BCUT2D eigenvalue weighted by Gasteiger charge is -2.21. The second-order valence-corrected chi connectivity index (χ2v) is 6.88. The third kappa shape index (κ3) is 3.70. The molecule has 0 atom stereocenters. The first kappa shape index (κ1) is 17.0. The molecular weight excluding hydrogens is 326 g/mol. The van der Waals surface area contributed by atoms with E-state index in [4.69, 9.17) is 9.97 Å². The van der Waals surface area contributed by atoms with E-state index in [0.29, 0.717) is 12.3 Å². The molecule has 0 bridgehead atoms. The summed E-state index contributed by atoms with van der Waals surface area (Å²) in [5, 5.41) is 6.90. The van der Waals surface area contributed by atoms with Gasteiger partial charge in [-0.15, -0.1) is 0 Å². The van der Waals surface area contributed by atoms with Crippen LogP contribution in [0.5, 0.6) is 0 Å². The molecule has 3 heterocycles. The molecule has 1 aromatic heterocycles.